The molecule has 6 rings (SSSR count). The second-order valence-electron chi connectivity index (χ2n) is 9.15. The van der Waals surface area contributed by atoms with Gasteiger partial charge in [0.15, 0.2) is 5.67 Å². The maximum absolute atomic E-state index is 15.2. The Labute approximate surface area is 201 Å². The van der Waals surface area contributed by atoms with Crippen molar-refractivity contribution in [1.29, 1.82) is 0 Å². The molecule has 2 aliphatic rings. The first-order valence-electron chi connectivity index (χ1n) is 11.4. The molecule has 2 aliphatic carbocycles. The molecule has 0 aliphatic heterocycles. The summed E-state index contributed by atoms with van der Waals surface area (Å²) >= 11 is 6.01. The van der Waals surface area contributed by atoms with Crippen molar-refractivity contribution in [1.82, 2.24) is 14.4 Å². The number of rotatable bonds is 7. The number of carbonyl (C=O) groups is 1. The molecule has 3 aromatic heterocycles. The van der Waals surface area contributed by atoms with Gasteiger partial charge in [-0.25, -0.2) is 14.4 Å². The van der Waals surface area contributed by atoms with Crippen molar-refractivity contribution in [3.63, 3.8) is 0 Å². The summed E-state index contributed by atoms with van der Waals surface area (Å²) in [7, 11) is 0. The average Bonchev–Trinajstić information content (AvgIpc) is 3.75. The van der Waals surface area contributed by atoms with Gasteiger partial charge < -0.3 is 15.0 Å². The molecule has 0 saturated heterocycles. The maximum atomic E-state index is 15.2. The average molecular weight is 476 g/mol. The fourth-order valence-electron chi connectivity index (χ4n) is 4.42. The number of nitrogens with one attached hydrogen (secondary N) is 2. The Morgan fingerprint density at radius 1 is 1.15 bits per heavy atom. The Hall–Kier alpha value is -3.45. The van der Waals surface area contributed by atoms with Crippen LogP contribution in [0.1, 0.15) is 47.9 Å². The number of hydrogen-bond donors (Lipinski definition) is 2. The van der Waals surface area contributed by atoms with Crippen molar-refractivity contribution >= 4 is 34.7 Å². The number of anilines is 2. The van der Waals surface area contributed by atoms with Crippen molar-refractivity contribution in [3.8, 4) is 0 Å². The van der Waals surface area contributed by atoms with Crippen LogP contribution in [-0.2, 0) is 11.3 Å². The molecule has 1 amide bonds. The molecule has 0 bridgehead atoms. The summed E-state index contributed by atoms with van der Waals surface area (Å²) in [5, 5.41) is 6.46. The summed E-state index contributed by atoms with van der Waals surface area (Å²) in [6.07, 6.45) is 8.42. The number of aromatic nitrogens is 3. The summed E-state index contributed by atoms with van der Waals surface area (Å²) in [5.41, 5.74) is 2.71. The van der Waals surface area contributed by atoms with E-state index in [-0.39, 0.29) is 6.42 Å². The third kappa shape index (κ3) is 4.12. The first-order chi connectivity index (χ1) is 16.5. The Balaban J connectivity index is 1.10. The predicted molar refractivity (Wildman–Crippen MR) is 130 cm³/mol. The van der Waals surface area contributed by atoms with E-state index in [1.807, 2.05) is 6.20 Å². The molecule has 0 spiro atoms. The Bertz CT molecular complexity index is 1400. The van der Waals surface area contributed by atoms with Crippen LogP contribution in [0.2, 0.25) is 5.02 Å². The molecule has 0 unspecified atom stereocenters. The highest BCUT2D eigenvalue weighted by atomic mass is 35.5. The molecule has 172 valence electrons. The highest BCUT2D eigenvalue weighted by Crippen LogP contribution is 2.55. The molecule has 4 aromatic rings. The zero-order chi connectivity index (χ0) is 23.3. The van der Waals surface area contributed by atoms with E-state index in [9.17, 15) is 4.79 Å². The molecule has 2 atom stereocenters. The van der Waals surface area contributed by atoms with Crippen molar-refractivity contribution in [2.75, 3.05) is 10.6 Å². The lowest BCUT2D eigenvalue weighted by Crippen LogP contribution is -2.27. The number of amides is 1. The minimum absolute atomic E-state index is 0.132. The first-order valence-corrected chi connectivity index (χ1v) is 11.8. The van der Waals surface area contributed by atoms with Crippen LogP contribution in [0.3, 0.4) is 0 Å². The monoisotopic (exact) mass is 475 g/mol. The minimum atomic E-state index is -1.95. The van der Waals surface area contributed by atoms with Gasteiger partial charge in [0.1, 0.15) is 11.5 Å². The van der Waals surface area contributed by atoms with Crippen molar-refractivity contribution < 1.29 is 9.18 Å². The number of halogens is 2. The van der Waals surface area contributed by atoms with Crippen LogP contribution in [0.5, 0.6) is 0 Å². The molecular weight excluding hydrogens is 453 g/mol. The van der Waals surface area contributed by atoms with Crippen LogP contribution in [-0.4, -0.2) is 25.9 Å². The van der Waals surface area contributed by atoms with Crippen LogP contribution >= 0.6 is 11.6 Å². The molecule has 1 aromatic carbocycles. The summed E-state index contributed by atoms with van der Waals surface area (Å²) in [5.74, 6) is -0.191. The van der Waals surface area contributed by atoms with E-state index in [0.717, 1.165) is 22.6 Å². The van der Waals surface area contributed by atoms with Gasteiger partial charge in [0.2, 0.25) is 0 Å². The SMILES string of the molecule is O=C(Nc1cc(NCc2cn3cc(C4CC4)ccc3n2)ccn1)[C@]1(F)C[C@H]1c1cccc(Cl)c1. The third-order valence-electron chi connectivity index (χ3n) is 6.57. The van der Waals surface area contributed by atoms with Gasteiger partial charge in [-0.1, -0.05) is 29.8 Å². The van der Waals surface area contributed by atoms with Crippen LogP contribution in [0.15, 0.2) is 67.1 Å². The van der Waals surface area contributed by atoms with Gasteiger partial charge in [0.25, 0.3) is 5.91 Å². The van der Waals surface area contributed by atoms with Gasteiger partial charge in [-0.15, -0.1) is 0 Å². The maximum Gasteiger partial charge on any atom is 0.263 e. The van der Waals surface area contributed by atoms with Crippen LogP contribution in [0, 0.1) is 0 Å². The predicted octanol–water partition coefficient (Wildman–Crippen LogP) is 5.71. The molecule has 0 radical (unpaired) electrons. The van der Waals surface area contributed by atoms with E-state index in [1.54, 1.807) is 42.6 Å². The largest absolute Gasteiger partial charge is 0.379 e. The van der Waals surface area contributed by atoms with Crippen LogP contribution < -0.4 is 10.6 Å². The number of imidazole rings is 1. The number of benzene rings is 1. The number of alkyl halides is 1. The molecule has 34 heavy (non-hydrogen) atoms. The van der Waals surface area contributed by atoms with Gasteiger partial charge >= 0.3 is 0 Å². The van der Waals surface area contributed by atoms with E-state index < -0.39 is 17.5 Å². The molecule has 2 saturated carbocycles. The molecule has 3 heterocycles. The van der Waals surface area contributed by atoms with Crippen molar-refractivity contribution in [3.05, 3.63) is 89.0 Å². The van der Waals surface area contributed by atoms with E-state index in [1.165, 1.54) is 18.4 Å². The molecule has 6 nitrogen and oxygen atoms in total. The number of carbonyl (C=O) groups excluding carboxylic acids is 1. The lowest BCUT2D eigenvalue weighted by atomic mass is 10.1. The highest BCUT2D eigenvalue weighted by molar-refractivity contribution is 6.30. The second kappa shape index (κ2) is 8.09. The molecule has 2 N–H and O–H groups in total. The van der Waals surface area contributed by atoms with Gasteiger partial charge in [-0.2, -0.15) is 0 Å². The summed E-state index contributed by atoms with van der Waals surface area (Å²) in [4.78, 5) is 21.5. The van der Waals surface area contributed by atoms with E-state index in [4.69, 9.17) is 11.6 Å². The molecular formula is C26H23ClFN5O. The fraction of sp³-hybridized carbons (Fsp3) is 0.269. The Morgan fingerprint density at radius 2 is 2.03 bits per heavy atom. The zero-order valence-electron chi connectivity index (χ0n) is 18.3. The van der Waals surface area contributed by atoms with Crippen molar-refractivity contribution in [2.45, 2.75) is 43.3 Å². The second-order valence-corrected chi connectivity index (χ2v) is 9.58. The van der Waals surface area contributed by atoms with Crippen molar-refractivity contribution in [2.24, 2.45) is 0 Å². The third-order valence-corrected chi connectivity index (χ3v) is 6.80. The van der Waals surface area contributed by atoms with E-state index >= 15 is 4.39 Å². The lowest BCUT2D eigenvalue weighted by molar-refractivity contribution is -0.122. The number of nitrogens with zero attached hydrogens (tertiary/aromatic N) is 3. The number of pyridine rings is 2. The quantitative estimate of drug-likeness (QED) is 0.359. The van der Waals surface area contributed by atoms with Gasteiger partial charge in [-0.3, -0.25) is 4.79 Å². The van der Waals surface area contributed by atoms with Gasteiger partial charge in [-0.05, 0) is 54.2 Å². The number of fused-ring (bicyclic) bond motifs is 1. The normalized spacial score (nSPS) is 21.4. The lowest BCUT2D eigenvalue weighted by Gasteiger charge is -2.11. The number of hydrogen-bond acceptors (Lipinski definition) is 4. The van der Waals surface area contributed by atoms with E-state index in [0.29, 0.717) is 23.3 Å². The zero-order valence-corrected chi connectivity index (χ0v) is 19.1. The van der Waals surface area contributed by atoms with Gasteiger partial charge in [0.05, 0.1) is 12.2 Å². The molecule has 2 fully saturated rings. The first kappa shape index (κ1) is 21.1. The van der Waals surface area contributed by atoms with E-state index in [2.05, 4.69) is 43.3 Å². The summed E-state index contributed by atoms with van der Waals surface area (Å²) < 4.78 is 17.3. The molecule has 8 heteroatoms. The summed E-state index contributed by atoms with van der Waals surface area (Å²) in [6, 6.07) is 14.7. The Morgan fingerprint density at radius 3 is 2.85 bits per heavy atom. The highest BCUT2D eigenvalue weighted by Gasteiger charge is 2.62. The summed E-state index contributed by atoms with van der Waals surface area (Å²) in [6.45, 7) is 0.516. The minimum Gasteiger partial charge on any atom is -0.379 e. The van der Waals surface area contributed by atoms with Gasteiger partial charge in [0, 0.05) is 47.7 Å². The van der Waals surface area contributed by atoms with Crippen LogP contribution in [0.25, 0.3) is 5.65 Å². The topological polar surface area (TPSA) is 71.3 Å². The van der Waals surface area contributed by atoms with Crippen LogP contribution in [0.4, 0.5) is 15.9 Å². The smallest absolute Gasteiger partial charge is 0.263 e. The fourth-order valence-corrected chi connectivity index (χ4v) is 4.62. The standard InChI is InChI=1S/C26H23ClFN5O/c27-19-3-1-2-17(10-19)22-12-26(22,28)25(34)32-23-11-20(8-9-29-23)30-13-21-15-33-14-18(16-4-5-16)6-7-24(33)31-21/h1-3,6-11,14-16,22H,4-5,12-13H2,(H2,29,30,32,34)/t22-,26-/m0/s1. The Kier molecular flexibility index (Phi) is 5.03.